The lowest BCUT2D eigenvalue weighted by Gasteiger charge is -1.99. The lowest BCUT2D eigenvalue weighted by atomic mass is 10.1. The summed E-state index contributed by atoms with van der Waals surface area (Å²) in [5, 5.41) is 7.51. The predicted molar refractivity (Wildman–Crippen MR) is 88.9 cm³/mol. The topological polar surface area (TPSA) is 42.0 Å². The molecule has 0 aliphatic rings. The SMILES string of the molecule is Cc1sc(NC(=O)Cc2ccsc2)nc1-c1ccccc1. The fourth-order valence-corrected chi connectivity index (χ4v) is 3.58. The Hall–Kier alpha value is -1.98. The average Bonchev–Trinajstić information content (AvgIpc) is 3.09. The summed E-state index contributed by atoms with van der Waals surface area (Å²) in [5.41, 5.74) is 3.05. The Morgan fingerprint density at radius 2 is 2.05 bits per heavy atom. The highest BCUT2D eigenvalue weighted by Crippen LogP contribution is 2.30. The minimum atomic E-state index is -0.0261. The Balaban J connectivity index is 1.74. The maximum Gasteiger partial charge on any atom is 0.230 e. The number of nitrogens with zero attached hydrogens (tertiary/aromatic N) is 1. The van der Waals surface area contributed by atoms with Crippen LogP contribution in [0.25, 0.3) is 11.3 Å². The zero-order valence-electron chi connectivity index (χ0n) is 11.5. The van der Waals surface area contributed by atoms with Crippen molar-refractivity contribution in [1.82, 2.24) is 4.98 Å². The number of hydrogen-bond acceptors (Lipinski definition) is 4. The van der Waals surface area contributed by atoms with Gasteiger partial charge in [0.2, 0.25) is 5.91 Å². The van der Waals surface area contributed by atoms with Gasteiger partial charge in [0.25, 0.3) is 0 Å². The monoisotopic (exact) mass is 314 g/mol. The van der Waals surface area contributed by atoms with E-state index in [0.717, 1.165) is 21.7 Å². The third kappa shape index (κ3) is 3.37. The van der Waals surface area contributed by atoms with Crippen molar-refractivity contribution in [1.29, 1.82) is 0 Å². The lowest BCUT2D eigenvalue weighted by Crippen LogP contribution is -2.13. The van der Waals surface area contributed by atoms with Crippen molar-refractivity contribution in [2.24, 2.45) is 0 Å². The van der Waals surface area contributed by atoms with Gasteiger partial charge < -0.3 is 5.32 Å². The number of aromatic nitrogens is 1. The van der Waals surface area contributed by atoms with E-state index in [1.54, 1.807) is 11.3 Å². The standard InChI is InChI=1S/C16H14N2OS2/c1-11-15(13-5-3-2-4-6-13)18-16(21-11)17-14(19)9-12-7-8-20-10-12/h2-8,10H,9H2,1H3,(H,17,18,19). The van der Waals surface area contributed by atoms with Crippen molar-refractivity contribution < 1.29 is 4.79 Å². The van der Waals surface area contributed by atoms with Gasteiger partial charge >= 0.3 is 0 Å². The second-order valence-electron chi connectivity index (χ2n) is 4.65. The molecule has 2 heterocycles. The fraction of sp³-hybridized carbons (Fsp3) is 0.125. The van der Waals surface area contributed by atoms with Crippen LogP contribution >= 0.6 is 22.7 Å². The highest BCUT2D eigenvalue weighted by molar-refractivity contribution is 7.16. The molecule has 2 aromatic heterocycles. The van der Waals surface area contributed by atoms with Gasteiger partial charge in [0.15, 0.2) is 5.13 Å². The van der Waals surface area contributed by atoms with Gasteiger partial charge in [-0.25, -0.2) is 4.98 Å². The van der Waals surface area contributed by atoms with E-state index in [9.17, 15) is 4.79 Å². The van der Waals surface area contributed by atoms with E-state index < -0.39 is 0 Å². The predicted octanol–water partition coefficient (Wildman–Crippen LogP) is 4.36. The first kappa shape index (κ1) is 14.0. The number of rotatable bonds is 4. The van der Waals surface area contributed by atoms with Crippen molar-refractivity contribution in [2.45, 2.75) is 13.3 Å². The van der Waals surface area contributed by atoms with Gasteiger partial charge in [-0.05, 0) is 29.3 Å². The number of thiophene rings is 1. The molecular weight excluding hydrogens is 300 g/mol. The van der Waals surface area contributed by atoms with Crippen LogP contribution in [0, 0.1) is 6.92 Å². The molecule has 106 valence electrons. The zero-order valence-corrected chi connectivity index (χ0v) is 13.1. The Morgan fingerprint density at radius 1 is 1.24 bits per heavy atom. The van der Waals surface area contributed by atoms with Gasteiger partial charge in [-0.1, -0.05) is 30.3 Å². The molecule has 1 amide bonds. The van der Waals surface area contributed by atoms with Gasteiger partial charge in [-0.3, -0.25) is 4.79 Å². The summed E-state index contributed by atoms with van der Waals surface area (Å²) < 4.78 is 0. The van der Waals surface area contributed by atoms with Gasteiger partial charge in [-0.15, -0.1) is 11.3 Å². The minimum Gasteiger partial charge on any atom is -0.302 e. The van der Waals surface area contributed by atoms with Crippen LogP contribution in [0.15, 0.2) is 47.2 Å². The lowest BCUT2D eigenvalue weighted by molar-refractivity contribution is -0.115. The number of thiazole rings is 1. The normalized spacial score (nSPS) is 10.5. The summed E-state index contributed by atoms with van der Waals surface area (Å²) in [6, 6.07) is 12.0. The number of carbonyl (C=O) groups excluding carboxylic acids is 1. The quantitative estimate of drug-likeness (QED) is 0.777. The van der Waals surface area contributed by atoms with Crippen molar-refractivity contribution in [2.75, 3.05) is 5.32 Å². The number of carbonyl (C=O) groups is 1. The maximum absolute atomic E-state index is 12.0. The van der Waals surface area contributed by atoms with Gasteiger partial charge in [0.1, 0.15) is 0 Å². The average molecular weight is 314 g/mol. The Kier molecular flexibility index (Phi) is 4.13. The molecule has 21 heavy (non-hydrogen) atoms. The molecule has 0 bridgehead atoms. The number of anilines is 1. The first-order chi connectivity index (χ1) is 10.2. The minimum absolute atomic E-state index is 0.0261. The van der Waals surface area contributed by atoms with Crippen molar-refractivity contribution in [3.8, 4) is 11.3 Å². The second-order valence-corrected chi connectivity index (χ2v) is 6.63. The summed E-state index contributed by atoms with van der Waals surface area (Å²) in [6.07, 6.45) is 0.392. The van der Waals surface area contributed by atoms with Crippen molar-refractivity contribution in [3.05, 3.63) is 57.6 Å². The third-order valence-electron chi connectivity index (χ3n) is 3.03. The molecule has 0 saturated heterocycles. The number of nitrogens with one attached hydrogen (secondary N) is 1. The van der Waals surface area contributed by atoms with Crippen molar-refractivity contribution in [3.63, 3.8) is 0 Å². The van der Waals surface area contributed by atoms with Crippen LogP contribution in [0.5, 0.6) is 0 Å². The number of hydrogen-bond donors (Lipinski definition) is 1. The molecule has 0 spiro atoms. The molecule has 0 fully saturated rings. The summed E-state index contributed by atoms with van der Waals surface area (Å²) in [5.74, 6) is -0.0261. The highest BCUT2D eigenvalue weighted by Gasteiger charge is 2.12. The zero-order chi connectivity index (χ0) is 14.7. The largest absolute Gasteiger partial charge is 0.302 e. The first-order valence-electron chi connectivity index (χ1n) is 6.56. The Morgan fingerprint density at radius 3 is 2.76 bits per heavy atom. The van der Waals surface area contributed by atoms with E-state index in [-0.39, 0.29) is 5.91 Å². The van der Waals surface area contributed by atoms with Crippen LogP contribution < -0.4 is 5.32 Å². The van der Waals surface area contributed by atoms with Crippen LogP contribution in [0.1, 0.15) is 10.4 Å². The van der Waals surface area contributed by atoms with E-state index in [4.69, 9.17) is 0 Å². The molecule has 3 nitrogen and oxygen atoms in total. The van der Waals surface area contributed by atoms with E-state index in [1.807, 2.05) is 54.1 Å². The molecule has 1 N–H and O–H groups in total. The first-order valence-corrected chi connectivity index (χ1v) is 8.32. The molecule has 3 aromatic rings. The molecule has 0 aliphatic carbocycles. The molecule has 5 heteroatoms. The summed E-state index contributed by atoms with van der Waals surface area (Å²) >= 11 is 3.11. The van der Waals surface area contributed by atoms with Gasteiger partial charge in [0, 0.05) is 10.4 Å². The maximum atomic E-state index is 12.0. The summed E-state index contributed by atoms with van der Waals surface area (Å²) in [7, 11) is 0. The summed E-state index contributed by atoms with van der Waals surface area (Å²) in [4.78, 5) is 17.6. The molecule has 0 radical (unpaired) electrons. The number of aryl methyl sites for hydroxylation is 1. The van der Waals surface area contributed by atoms with E-state index in [1.165, 1.54) is 11.3 Å². The molecule has 1 aromatic carbocycles. The van der Waals surface area contributed by atoms with E-state index in [2.05, 4.69) is 10.3 Å². The fourth-order valence-electron chi connectivity index (χ4n) is 2.06. The van der Waals surface area contributed by atoms with E-state index >= 15 is 0 Å². The Bertz CT molecular complexity index is 733. The highest BCUT2D eigenvalue weighted by atomic mass is 32.1. The molecule has 0 unspecified atom stereocenters. The number of benzene rings is 1. The molecule has 0 saturated carbocycles. The van der Waals surface area contributed by atoms with Crippen LogP contribution in [0.2, 0.25) is 0 Å². The van der Waals surface area contributed by atoms with Crippen LogP contribution in [-0.4, -0.2) is 10.9 Å². The molecule has 0 aliphatic heterocycles. The van der Waals surface area contributed by atoms with Crippen LogP contribution in [0.3, 0.4) is 0 Å². The molecular formula is C16H14N2OS2. The smallest absolute Gasteiger partial charge is 0.230 e. The van der Waals surface area contributed by atoms with Crippen LogP contribution in [0.4, 0.5) is 5.13 Å². The van der Waals surface area contributed by atoms with Crippen LogP contribution in [-0.2, 0) is 11.2 Å². The van der Waals surface area contributed by atoms with E-state index in [0.29, 0.717) is 11.6 Å². The molecule has 3 rings (SSSR count). The third-order valence-corrected chi connectivity index (χ3v) is 4.65. The van der Waals surface area contributed by atoms with Gasteiger partial charge in [-0.2, -0.15) is 11.3 Å². The van der Waals surface area contributed by atoms with Gasteiger partial charge in [0.05, 0.1) is 12.1 Å². The second kappa shape index (κ2) is 6.20. The van der Waals surface area contributed by atoms with Crippen molar-refractivity contribution >= 4 is 33.7 Å². The molecule has 0 atom stereocenters. The Labute approximate surface area is 131 Å². The number of amides is 1. The summed E-state index contributed by atoms with van der Waals surface area (Å²) in [6.45, 7) is 2.02.